The van der Waals surface area contributed by atoms with E-state index in [4.69, 9.17) is 9.15 Å². The Labute approximate surface area is 179 Å². The number of carbonyl (C=O) groups excluding carboxylic acids is 1. The van der Waals surface area contributed by atoms with Crippen LogP contribution in [0.2, 0.25) is 0 Å². The zero-order valence-corrected chi connectivity index (χ0v) is 17.0. The van der Waals surface area contributed by atoms with Crippen LogP contribution in [-0.2, 0) is 11.3 Å². The van der Waals surface area contributed by atoms with E-state index in [0.29, 0.717) is 30.1 Å². The number of rotatable bonds is 6. The van der Waals surface area contributed by atoms with Gasteiger partial charge in [-0.1, -0.05) is 30.3 Å². The average Bonchev–Trinajstić information content (AvgIpc) is 3.51. The smallest absolute Gasteiger partial charge is 0.268 e. The molecule has 5 rings (SSSR count). The van der Waals surface area contributed by atoms with Gasteiger partial charge in [0.25, 0.3) is 5.91 Å². The van der Waals surface area contributed by atoms with Gasteiger partial charge in [0.05, 0.1) is 11.6 Å². The molecule has 2 aromatic heterocycles. The number of halogens is 1. The van der Waals surface area contributed by atoms with Crippen LogP contribution in [0.3, 0.4) is 0 Å². The minimum Gasteiger partial charge on any atom is -0.454 e. The molecule has 3 heterocycles. The summed E-state index contributed by atoms with van der Waals surface area (Å²) in [7, 11) is 0. The molecule has 1 amide bonds. The van der Waals surface area contributed by atoms with Crippen molar-refractivity contribution in [3.05, 3.63) is 83.8 Å². The number of hydrogen-bond donors (Lipinski definition) is 1. The van der Waals surface area contributed by atoms with Gasteiger partial charge in [-0.2, -0.15) is 0 Å². The highest BCUT2D eigenvalue weighted by Gasteiger charge is 2.22. The van der Waals surface area contributed by atoms with E-state index in [2.05, 4.69) is 5.32 Å². The lowest BCUT2D eigenvalue weighted by atomic mass is 10.2. The van der Waals surface area contributed by atoms with Crippen molar-refractivity contribution in [2.75, 3.05) is 13.2 Å². The van der Waals surface area contributed by atoms with Crippen molar-refractivity contribution in [2.24, 2.45) is 0 Å². The molecule has 1 saturated heterocycles. The summed E-state index contributed by atoms with van der Waals surface area (Å²) in [6.07, 6.45) is 2.08. The van der Waals surface area contributed by atoms with Gasteiger partial charge in [0.15, 0.2) is 5.58 Å². The predicted octanol–water partition coefficient (Wildman–Crippen LogP) is 5.00. The maximum Gasteiger partial charge on any atom is 0.268 e. The Morgan fingerprint density at radius 1 is 1.10 bits per heavy atom. The Hall–Kier alpha value is -3.38. The van der Waals surface area contributed by atoms with Crippen molar-refractivity contribution >= 4 is 17.0 Å². The van der Waals surface area contributed by atoms with Gasteiger partial charge in [-0.05, 0) is 42.7 Å². The van der Waals surface area contributed by atoms with Gasteiger partial charge in [0.1, 0.15) is 17.3 Å². The normalized spacial score (nSPS) is 16.1. The van der Waals surface area contributed by atoms with Gasteiger partial charge >= 0.3 is 0 Å². The van der Waals surface area contributed by atoms with Gasteiger partial charge < -0.3 is 19.0 Å². The summed E-state index contributed by atoms with van der Waals surface area (Å²) in [5, 5.41) is 3.00. The lowest BCUT2D eigenvalue weighted by Gasteiger charge is -2.13. The Bertz CT molecular complexity index is 1190. The summed E-state index contributed by atoms with van der Waals surface area (Å²) in [5.41, 5.74) is 3.86. The summed E-state index contributed by atoms with van der Waals surface area (Å²) >= 11 is 0. The number of ether oxygens (including phenoxy) is 1. The van der Waals surface area contributed by atoms with Crippen molar-refractivity contribution in [3.8, 4) is 11.3 Å². The fourth-order valence-corrected chi connectivity index (χ4v) is 4.03. The van der Waals surface area contributed by atoms with Crippen LogP contribution in [0.15, 0.2) is 71.1 Å². The quantitative estimate of drug-likeness (QED) is 0.480. The topological polar surface area (TPSA) is 56.4 Å². The molecule has 158 valence electrons. The number of fused-ring (bicyclic) bond motifs is 1. The van der Waals surface area contributed by atoms with E-state index in [0.717, 1.165) is 36.1 Å². The molecule has 0 radical (unpaired) electrons. The summed E-state index contributed by atoms with van der Waals surface area (Å²) in [6.45, 7) is 1.79. The molecule has 0 spiro atoms. The van der Waals surface area contributed by atoms with E-state index in [-0.39, 0.29) is 17.8 Å². The molecule has 6 heteroatoms. The molecular formula is C25H23FN2O3. The Kier molecular flexibility index (Phi) is 5.30. The number of amides is 1. The van der Waals surface area contributed by atoms with Crippen LogP contribution in [-0.4, -0.2) is 29.7 Å². The average molecular weight is 418 g/mol. The molecule has 1 N–H and O–H groups in total. The van der Waals surface area contributed by atoms with Gasteiger partial charge in [-0.3, -0.25) is 4.79 Å². The fourth-order valence-electron chi connectivity index (χ4n) is 4.03. The monoisotopic (exact) mass is 418 g/mol. The number of carbonyl (C=O) groups is 1. The minimum absolute atomic E-state index is 0.0783. The van der Waals surface area contributed by atoms with Gasteiger partial charge in [-0.15, -0.1) is 0 Å². The first-order valence-corrected chi connectivity index (χ1v) is 10.5. The second-order valence-corrected chi connectivity index (χ2v) is 7.81. The lowest BCUT2D eigenvalue weighted by Crippen LogP contribution is -2.33. The standard InChI is InChI=1S/C25H23FN2O3/c26-19-10-8-18(9-11-19)23-13-21-24(31-23)14-22(25(29)27-15-20-7-4-12-30-20)28(21)16-17-5-2-1-3-6-17/h1-3,5-6,8-11,13-14,20H,4,7,12,15-16H2,(H,27,29)/t20-/m1/s1. The summed E-state index contributed by atoms with van der Waals surface area (Å²) in [5.74, 6) is 0.193. The molecule has 4 aromatic rings. The van der Waals surface area contributed by atoms with Crippen LogP contribution < -0.4 is 5.32 Å². The Morgan fingerprint density at radius 2 is 1.90 bits per heavy atom. The molecular weight excluding hydrogens is 395 g/mol. The minimum atomic E-state index is -0.293. The Balaban J connectivity index is 1.49. The number of nitrogens with zero attached hydrogens (tertiary/aromatic N) is 1. The number of furan rings is 1. The molecule has 5 nitrogen and oxygen atoms in total. The van der Waals surface area contributed by atoms with E-state index >= 15 is 0 Å². The van der Waals surface area contributed by atoms with Crippen LogP contribution in [0.25, 0.3) is 22.4 Å². The van der Waals surface area contributed by atoms with Crippen LogP contribution in [0.1, 0.15) is 28.9 Å². The van der Waals surface area contributed by atoms with E-state index in [1.165, 1.54) is 12.1 Å². The molecule has 2 aromatic carbocycles. The molecule has 0 bridgehead atoms. The fraction of sp³-hybridized carbons (Fsp3) is 0.240. The SMILES string of the molecule is O=C(NC[C@H]1CCCO1)c1cc2oc(-c3ccc(F)cc3)cc2n1Cc1ccccc1. The lowest BCUT2D eigenvalue weighted by molar-refractivity contribution is 0.0851. The molecule has 1 aliphatic heterocycles. The predicted molar refractivity (Wildman–Crippen MR) is 116 cm³/mol. The first kappa shape index (κ1) is 19.6. The second kappa shape index (κ2) is 8.40. The van der Waals surface area contributed by atoms with Crippen molar-refractivity contribution in [2.45, 2.75) is 25.5 Å². The molecule has 31 heavy (non-hydrogen) atoms. The molecule has 1 atom stereocenters. The molecule has 0 saturated carbocycles. The highest BCUT2D eigenvalue weighted by atomic mass is 19.1. The maximum absolute atomic E-state index is 13.3. The van der Waals surface area contributed by atoms with Crippen LogP contribution in [0.5, 0.6) is 0 Å². The molecule has 0 unspecified atom stereocenters. The highest BCUT2D eigenvalue weighted by molar-refractivity contribution is 5.98. The number of nitrogens with one attached hydrogen (secondary N) is 1. The third-order valence-corrected chi connectivity index (χ3v) is 5.65. The van der Waals surface area contributed by atoms with E-state index in [1.807, 2.05) is 41.0 Å². The molecule has 1 aliphatic rings. The Morgan fingerprint density at radius 3 is 2.65 bits per heavy atom. The maximum atomic E-state index is 13.3. The van der Waals surface area contributed by atoms with Crippen molar-refractivity contribution in [1.82, 2.24) is 9.88 Å². The molecule has 0 aliphatic carbocycles. The van der Waals surface area contributed by atoms with Crippen LogP contribution >= 0.6 is 0 Å². The number of aromatic nitrogens is 1. The van der Waals surface area contributed by atoms with Gasteiger partial charge in [0.2, 0.25) is 0 Å². The highest BCUT2D eigenvalue weighted by Crippen LogP contribution is 2.31. The zero-order chi connectivity index (χ0) is 21.2. The van der Waals surface area contributed by atoms with Crippen molar-refractivity contribution in [3.63, 3.8) is 0 Å². The van der Waals surface area contributed by atoms with Gasteiger partial charge in [0, 0.05) is 37.4 Å². The summed E-state index contributed by atoms with van der Waals surface area (Å²) < 4.78 is 26.9. The third-order valence-electron chi connectivity index (χ3n) is 5.65. The zero-order valence-electron chi connectivity index (χ0n) is 17.0. The first-order chi connectivity index (χ1) is 15.2. The van der Waals surface area contributed by atoms with Crippen molar-refractivity contribution < 1.29 is 18.3 Å². The number of benzene rings is 2. The van der Waals surface area contributed by atoms with E-state index < -0.39 is 0 Å². The van der Waals surface area contributed by atoms with Crippen molar-refractivity contribution in [1.29, 1.82) is 0 Å². The van der Waals surface area contributed by atoms with E-state index in [9.17, 15) is 9.18 Å². The van der Waals surface area contributed by atoms with Crippen LogP contribution in [0, 0.1) is 5.82 Å². The largest absolute Gasteiger partial charge is 0.454 e. The number of hydrogen-bond acceptors (Lipinski definition) is 3. The first-order valence-electron chi connectivity index (χ1n) is 10.5. The van der Waals surface area contributed by atoms with Gasteiger partial charge in [-0.25, -0.2) is 4.39 Å². The summed E-state index contributed by atoms with van der Waals surface area (Å²) in [6, 6.07) is 19.8. The third kappa shape index (κ3) is 4.11. The van der Waals surface area contributed by atoms with Crippen LogP contribution in [0.4, 0.5) is 4.39 Å². The second-order valence-electron chi connectivity index (χ2n) is 7.81. The van der Waals surface area contributed by atoms with E-state index in [1.54, 1.807) is 18.2 Å². The summed E-state index contributed by atoms with van der Waals surface area (Å²) in [4.78, 5) is 13.0. The molecule has 1 fully saturated rings.